The summed E-state index contributed by atoms with van der Waals surface area (Å²) in [7, 11) is 0. The van der Waals surface area contributed by atoms with Crippen LogP contribution in [0.15, 0.2) is 10.5 Å². The summed E-state index contributed by atoms with van der Waals surface area (Å²) in [5.74, 6) is 2.61. The van der Waals surface area contributed by atoms with Gasteiger partial charge in [0.05, 0.1) is 13.2 Å². The summed E-state index contributed by atoms with van der Waals surface area (Å²) < 4.78 is 11.6. The van der Waals surface area contributed by atoms with Gasteiger partial charge in [-0.15, -0.1) is 0 Å². The molecule has 1 heterocycles. The number of nitrogens with zero attached hydrogens (tertiary/aromatic N) is 1. The van der Waals surface area contributed by atoms with E-state index in [1.165, 1.54) is 5.56 Å². The van der Waals surface area contributed by atoms with Crippen LogP contribution in [0.25, 0.3) is 0 Å². The molecule has 0 radical (unpaired) electrons. The zero-order valence-corrected chi connectivity index (χ0v) is 14.4. The summed E-state index contributed by atoms with van der Waals surface area (Å²) in [4.78, 5) is 2.36. The van der Waals surface area contributed by atoms with Gasteiger partial charge in [0.25, 0.3) is 0 Å². The first-order valence-corrected chi connectivity index (χ1v) is 8.15. The van der Waals surface area contributed by atoms with E-state index in [0.717, 1.165) is 50.9 Å². The molecular weight excluding hydrogens is 264 g/mol. The molecular formula is C17H32N2O2. The normalized spacial score (nSPS) is 11.8. The topological polar surface area (TPSA) is 37.6 Å². The van der Waals surface area contributed by atoms with E-state index in [0.29, 0.717) is 12.5 Å². The maximum Gasteiger partial charge on any atom is 0.130 e. The second-order valence-corrected chi connectivity index (χ2v) is 5.92. The number of furan rings is 1. The van der Waals surface area contributed by atoms with E-state index >= 15 is 0 Å². The van der Waals surface area contributed by atoms with Crippen molar-refractivity contribution in [2.45, 2.75) is 47.8 Å². The number of hydrogen-bond acceptors (Lipinski definition) is 4. The van der Waals surface area contributed by atoms with E-state index in [-0.39, 0.29) is 0 Å². The van der Waals surface area contributed by atoms with Crippen molar-refractivity contribution in [1.29, 1.82) is 0 Å². The summed E-state index contributed by atoms with van der Waals surface area (Å²) in [6, 6.07) is 2.09. The molecule has 1 N–H and O–H groups in total. The molecule has 0 aromatic carbocycles. The molecule has 0 saturated carbocycles. The Balaban J connectivity index is 2.29. The van der Waals surface area contributed by atoms with Crippen LogP contribution in [0.3, 0.4) is 0 Å². The Morgan fingerprint density at radius 2 is 2.00 bits per heavy atom. The van der Waals surface area contributed by atoms with Gasteiger partial charge in [0, 0.05) is 6.54 Å². The lowest BCUT2D eigenvalue weighted by Gasteiger charge is -2.17. The summed E-state index contributed by atoms with van der Waals surface area (Å²) in [5.41, 5.74) is 1.20. The zero-order chi connectivity index (χ0) is 15.7. The van der Waals surface area contributed by atoms with Gasteiger partial charge in [0.15, 0.2) is 0 Å². The molecule has 0 bridgehead atoms. The first-order chi connectivity index (χ1) is 10.1. The highest BCUT2D eigenvalue weighted by Crippen LogP contribution is 2.15. The molecule has 0 amide bonds. The van der Waals surface area contributed by atoms with E-state index in [1.807, 2.05) is 0 Å². The average molecular weight is 296 g/mol. The lowest BCUT2D eigenvalue weighted by molar-refractivity contribution is 0.0836. The Kier molecular flexibility index (Phi) is 8.66. The second kappa shape index (κ2) is 9.98. The van der Waals surface area contributed by atoms with Crippen molar-refractivity contribution in [3.8, 4) is 0 Å². The minimum absolute atomic E-state index is 0.562. The monoisotopic (exact) mass is 296 g/mol. The van der Waals surface area contributed by atoms with Gasteiger partial charge in [-0.2, -0.15) is 0 Å². The van der Waals surface area contributed by atoms with Crippen LogP contribution in [0.1, 0.15) is 44.8 Å². The van der Waals surface area contributed by atoms with Crippen LogP contribution in [0, 0.1) is 12.8 Å². The number of hydrogen-bond donors (Lipinski definition) is 1. The van der Waals surface area contributed by atoms with Crippen LogP contribution in [0.4, 0.5) is 0 Å². The van der Waals surface area contributed by atoms with Crippen molar-refractivity contribution >= 4 is 0 Å². The largest absolute Gasteiger partial charge is 0.462 e. The molecule has 1 aromatic rings. The summed E-state index contributed by atoms with van der Waals surface area (Å²) >= 11 is 0. The minimum Gasteiger partial charge on any atom is -0.462 e. The minimum atomic E-state index is 0.562. The van der Waals surface area contributed by atoms with Gasteiger partial charge in [-0.05, 0) is 44.1 Å². The molecule has 0 aliphatic heterocycles. The van der Waals surface area contributed by atoms with Gasteiger partial charge in [-0.1, -0.05) is 27.7 Å². The number of ether oxygens (including phenoxy) is 1. The second-order valence-electron chi connectivity index (χ2n) is 5.92. The highest BCUT2D eigenvalue weighted by Gasteiger charge is 2.08. The number of likely N-dealkylation sites (N-methyl/N-ethyl adjacent to an activating group) is 1. The van der Waals surface area contributed by atoms with Crippen LogP contribution in [-0.2, 0) is 17.9 Å². The van der Waals surface area contributed by atoms with Gasteiger partial charge in [0.2, 0.25) is 0 Å². The van der Waals surface area contributed by atoms with Gasteiger partial charge in [-0.3, -0.25) is 0 Å². The highest BCUT2D eigenvalue weighted by atomic mass is 16.5. The SMILES string of the molecule is CCN(CC)CCOCc1cc(C)c(CNCC(C)C)o1. The maximum absolute atomic E-state index is 5.85. The Labute approximate surface area is 129 Å². The average Bonchev–Trinajstić information content (AvgIpc) is 2.79. The van der Waals surface area contributed by atoms with Gasteiger partial charge in [0.1, 0.15) is 18.1 Å². The molecule has 0 saturated heterocycles. The molecule has 0 fully saturated rings. The predicted octanol–water partition coefficient (Wildman–Crippen LogP) is 3.19. The van der Waals surface area contributed by atoms with E-state index in [9.17, 15) is 0 Å². The molecule has 0 spiro atoms. The van der Waals surface area contributed by atoms with E-state index in [2.05, 4.69) is 50.9 Å². The lowest BCUT2D eigenvalue weighted by atomic mass is 10.2. The third-order valence-corrected chi connectivity index (χ3v) is 3.60. The van der Waals surface area contributed by atoms with Gasteiger partial charge in [-0.25, -0.2) is 0 Å². The Hall–Kier alpha value is -0.840. The van der Waals surface area contributed by atoms with Crippen LogP contribution >= 0.6 is 0 Å². The van der Waals surface area contributed by atoms with Crippen molar-refractivity contribution in [2.24, 2.45) is 5.92 Å². The van der Waals surface area contributed by atoms with Crippen LogP contribution in [-0.4, -0.2) is 37.7 Å². The first-order valence-electron chi connectivity index (χ1n) is 8.15. The molecule has 4 heteroatoms. The Morgan fingerprint density at radius 1 is 1.29 bits per heavy atom. The van der Waals surface area contributed by atoms with Crippen molar-refractivity contribution in [1.82, 2.24) is 10.2 Å². The van der Waals surface area contributed by atoms with Crippen LogP contribution < -0.4 is 5.32 Å². The smallest absolute Gasteiger partial charge is 0.130 e. The van der Waals surface area contributed by atoms with Crippen molar-refractivity contribution in [2.75, 3.05) is 32.8 Å². The predicted molar refractivity (Wildman–Crippen MR) is 87.4 cm³/mol. The molecule has 0 atom stereocenters. The van der Waals surface area contributed by atoms with E-state index < -0.39 is 0 Å². The number of nitrogens with one attached hydrogen (secondary N) is 1. The fourth-order valence-electron chi connectivity index (χ4n) is 2.22. The van der Waals surface area contributed by atoms with Crippen molar-refractivity contribution in [3.63, 3.8) is 0 Å². The molecule has 0 aliphatic carbocycles. The van der Waals surface area contributed by atoms with Gasteiger partial charge < -0.3 is 19.4 Å². The standard InChI is InChI=1S/C17H32N2O2/c1-6-19(7-2)8-9-20-13-16-10-15(5)17(21-16)12-18-11-14(3)4/h10,14,18H,6-9,11-13H2,1-5H3. The zero-order valence-electron chi connectivity index (χ0n) is 14.4. The fourth-order valence-corrected chi connectivity index (χ4v) is 2.22. The van der Waals surface area contributed by atoms with Crippen LogP contribution in [0.5, 0.6) is 0 Å². The van der Waals surface area contributed by atoms with Crippen LogP contribution in [0.2, 0.25) is 0 Å². The molecule has 1 aromatic heterocycles. The molecule has 122 valence electrons. The Bertz CT molecular complexity index is 384. The number of aryl methyl sites for hydroxylation is 1. The van der Waals surface area contributed by atoms with Gasteiger partial charge >= 0.3 is 0 Å². The fraction of sp³-hybridized carbons (Fsp3) is 0.765. The summed E-state index contributed by atoms with van der Waals surface area (Å²) in [6.45, 7) is 17.1. The quantitative estimate of drug-likeness (QED) is 0.636. The van der Waals surface area contributed by atoms with E-state index in [1.54, 1.807) is 0 Å². The molecule has 0 unspecified atom stereocenters. The summed E-state index contributed by atoms with van der Waals surface area (Å²) in [6.07, 6.45) is 0. The van der Waals surface area contributed by atoms with Crippen molar-refractivity contribution in [3.05, 3.63) is 23.2 Å². The van der Waals surface area contributed by atoms with Crippen molar-refractivity contribution < 1.29 is 9.15 Å². The Morgan fingerprint density at radius 3 is 2.62 bits per heavy atom. The highest BCUT2D eigenvalue weighted by molar-refractivity contribution is 5.19. The number of rotatable bonds is 11. The third kappa shape index (κ3) is 7.11. The molecule has 21 heavy (non-hydrogen) atoms. The maximum atomic E-state index is 5.85. The third-order valence-electron chi connectivity index (χ3n) is 3.60. The molecule has 1 rings (SSSR count). The first kappa shape index (κ1) is 18.2. The summed E-state index contributed by atoms with van der Waals surface area (Å²) in [5, 5.41) is 3.41. The molecule has 0 aliphatic rings. The lowest BCUT2D eigenvalue weighted by Crippen LogP contribution is -2.26. The van der Waals surface area contributed by atoms with E-state index in [4.69, 9.17) is 9.15 Å². The molecule has 4 nitrogen and oxygen atoms in total.